The van der Waals surface area contributed by atoms with Crippen molar-refractivity contribution in [3.05, 3.63) is 120 Å². The van der Waals surface area contributed by atoms with Crippen LogP contribution < -0.4 is 0 Å². The van der Waals surface area contributed by atoms with Gasteiger partial charge in [-0.25, -0.2) is 22.8 Å². The Kier molecular flexibility index (Phi) is 8.79. The van der Waals surface area contributed by atoms with Crippen molar-refractivity contribution in [1.82, 2.24) is 0 Å². The van der Waals surface area contributed by atoms with E-state index in [9.17, 15) is 22.8 Å². The summed E-state index contributed by atoms with van der Waals surface area (Å²) in [7, 11) is 0. The lowest BCUT2D eigenvalue weighted by atomic mass is 9.97. The van der Waals surface area contributed by atoms with Gasteiger partial charge >= 0.3 is 11.9 Å². The van der Waals surface area contributed by atoms with Crippen molar-refractivity contribution < 1.29 is 51.2 Å². The number of benzene rings is 3. The number of carbonyl (C=O) groups excluding carboxylic acids is 2. The van der Waals surface area contributed by atoms with E-state index in [1.807, 2.05) is 0 Å². The molecule has 8 nitrogen and oxygen atoms in total. The summed E-state index contributed by atoms with van der Waals surface area (Å²) in [4.78, 5) is 26.3. The van der Waals surface area contributed by atoms with Crippen molar-refractivity contribution in [1.29, 1.82) is 0 Å². The first-order valence-electron chi connectivity index (χ1n) is 12.7. The summed E-state index contributed by atoms with van der Waals surface area (Å²) in [5, 5.41) is 0. The second kappa shape index (κ2) is 12.6. The second-order valence-electron chi connectivity index (χ2n) is 9.18. The topological polar surface area (TPSA) is 89.5 Å². The van der Waals surface area contributed by atoms with Gasteiger partial charge in [0.1, 0.15) is 29.7 Å². The molecule has 2 aliphatic rings. The first kappa shape index (κ1) is 28.5. The second-order valence-corrected chi connectivity index (χ2v) is 9.18. The summed E-state index contributed by atoms with van der Waals surface area (Å²) in [6, 6.07) is 15.7. The third kappa shape index (κ3) is 6.33. The number of carbonyl (C=O) groups is 2. The van der Waals surface area contributed by atoms with E-state index in [4.69, 9.17) is 28.4 Å². The van der Waals surface area contributed by atoms with Gasteiger partial charge in [-0.05, 0) is 36.4 Å². The molecule has 0 saturated carbocycles. The number of fused-ring (bicyclic) bond motifs is 1. The zero-order valence-electron chi connectivity index (χ0n) is 21.5. The molecule has 0 N–H and O–H groups in total. The van der Waals surface area contributed by atoms with E-state index in [1.165, 1.54) is 66.7 Å². The van der Waals surface area contributed by atoms with Crippen LogP contribution in [0.2, 0.25) is 0 Å². The zero-order valence-corrected chi connectivity index (χ0v) is 21.5. The van der Waals surface area contributed by atoms with Crippen LogP contribution in [0.5, 0.6) is 0 Å². The Morgan fingerprint density at radius 2 is 1.41 bits per heavy atom. The minimum absolute atomic E-state index is 0.0519. The maximum absolute atomic E-state index is 14.5. The summed E-state index contributed by atoms with van der Waals surface area (Å²) in [5.74, 6) is -4.30. The molecule has 3 aromatic carbocycles. The third-order valence-corrected chi connectivity index (χ3v) is 6.48. The van der Waals surface area contributed by atoms with Gasteiger partial charge in [0, 0.05) is 5.56 Å². The lowest BCUT2D eigenvalue weighted by Crippen LogP contribution is -2.64. The van der Waals surface area contributed by atoms with Crippen molar-refractivity contribution in [3.63, 3.8) is 0 Å². The molecule has 0 spiro atoms. The highest BCUT2D eigenvalue weighted by atomic mass is 19.1. The maximum Gasteiger partial charge on any atom is 0.341 e. The van der Waals surface area contributed by atoms with Crippen LogP contribution in [-0.2, 0) is 28.4 Å². The summed E-state index contributed by atoms with van der Waals surface area (Å²) in [6.45, 7) is 3.46. The van der Waals surface area contributed by atoms with E-state index >= 15 is 0 Å². The molecule has 6 atom stereocenters. The van der Waals surface area contributed by atoms with Crippen LogP contribution in [0, 0.1) is 17.5 Å². The Labute approximate surface area is 233 Å². The summed E-state index contributed by atoms with van der Waals surface area (Å²) >= 11 is 0. The first-order chi connectivity index (χ1) is 19.9. The third-order valence-electron chi connectivity index (χ3n) is 6.48. The molecule has 0 aliphatic carbocycles. The fourth-order valence-corrected chi connectivity index (χ4v) is 4.52. The standard InChI is InChI=1S/C30H25F3O8/c1-2-15-36-30-26(40-28(35)20-8-4-6-10-22(20)33)25(39-27(34)19-7-3-5-9-21(19)32)24-23(38-30)16-37-29(41-24)17-11-13-18(31)14-12-17/h2-14,23-26,29-30H,1,15-16H2/t23-,24-,25+,26-,29-,30+/m1/s1. The normalized spacial score (nSPS) is 25.5. The number of halogens is 3. The van der Waals surface area contributed by atoms with Crippen LogP contribution in [0.15, 0.2) is 85.5 Å². The number of ether oxygens (including phenoxy) is 6. The van der Waals surface area contributed by atoms with Gasteiger partial charge < -0.3 is 28.4 Å². The molecule has 214 valence electrons. The smallest absolute Gasteiger partial charge is 0.341 e. The Morgan fingerprint density at radius 3 is 2.00 bits per heavy atom. The number of esters is 2. The number of rotatable bonds is 8. The van der Waals surface area contributed by atoms with Crippen LogP contribution in [-0.4, -0.2) is 55.9 Å². The molecule has 3 aromatic rings. The molecule has 0 unspecified atom stereocenters. The molecule has 0 aromatic heterocycles. The van der Waals surface area contributed by atoms with E-state index in [0.717, 1.165) is 12.1 Å². The van der Waals surface area contributed by atoms with Gasteiger partial charge in [-0.3, -0.25) is 0 Å². The Hall–Kier alpha value is -4.03. The Balaban J connectivity index is 1.50. The average molecular weight is 571 g/mol. The molecule has 2 aliphatic heterocycles. The van der Waals surface area contributed by atoms with Crippen LogP contribution in [0.4, 0.5) is 13.2 Å². The van der Waals surface area contributed by atoms with Crippen LogP contribution in [0.3, 0.4) is 0 Å². The van der Waals surface area contributed by atoms with Crippen molar-refractivity contribution in [2.24, 2.45) is 0 Å². The van der Waals surface area contributed by atoms with Gasteiger partial charge in [0.2, 0.25) is 0 Å². The molecule has 41 heavy (non-hydrogen) atoms. The van der Waals surface area contributed by atoms with Crippen LogP contribution >= 0.6 is 0 Å². The lowest BCUT2D eigenvalue weighted by molar-refractivity contribution is -0.358. The van der Waals surface area contributed by atoms with E-state index in [-0.39, 0.29) is 24.3 Å². The van der Waals surface area contributed by atoms with Gasteiger partial charge in [-0.1, -0.05) is 42.5 Å². The number of hydrogen-bond acceptors (Lipinski definition) is 8. The predicted octanol–water partition coefficient (Wildman–Crippen LogP) is 4.90. The van der Waals surface area contributed by atoms with Gasteiger partial charge in [-0.2, -0.15) is 0 Å². The van der Waals surface area contributed by atoms with E-state index in [0.29, 0.717) is 5.56 Å². The molecule has 2 saturated heterocycles. The highest BCUT2D eigenvalue weighted by Crippen LogP contribution is 2.37. The predicted molar refractivity (Wildman–Crippen MR) is 136 cm³/mol. The summed E-state index contributed by atoms with van der Waals surface area (Å²) in [6.07, 6.45) is -5.91. The number of hydrogen-bond donors (Lipinski definition) is 0. The summed E-state index contributed by atoms with van der Waals surface area (Å²) < 4.78 is 77.4. The molecule has 2 heterocycles. The molecule has 0 bridgehead atoms. The Bertz CT molecular complexity index is 1400. The van der Waals surface area contributed by atoms with Crippen molar-refractivity contribution in [2.75, 3.05) is 13.2 Å². The molecule has 5 rings (SSSR count). The van der Waals surface area contributed by atoms with Crippen molar-refractivity contribution in [2.45, 2.75) is 37.0 Å². The molecular weight excluding hydrogens is 545 g/mol. The molecule has 0 radical (unpaired) electrons. The fraction of sp³-hybridized carbons (Fsp3) is 0.267. The molecular formula is C30H25F3O8. The van der Waals surface area contributed by atoms with Gasteiger partial charge in [-0.15, -0.1) is 6.58 Å². The minimum atomic E-state index is -1.49. The van der Waals surface area contributed by atoms with Crippen LogP contribution in [0.25, 0.3) is 0 Å². The zero-order chi connectivity index (χ0) is 28.9. The SMILES string of the molecule is C=CCO[C@H]1O[C@@H]2CO[C@@H](c3ccc(F)cc3)O[C@H]2[C@H](OC(=O)c2ccccc2F)[C@H]1OC(=O)c1ccccc1F. The highest BCUT2D eigenvalue weighted by Gasteiger charge is 2.54. The first-order valence-corrected chi connectivity index (χ1v) is 12.7. The molecule has 2 fully saturated rings. The van der Waals surface area contributed by atoms with Crippen molar-refractivity contribution in [3.8, 4) is 0 Å². The quantitative estimate of drug-likeness (QED) is 0.279. The average Bonchev–Trinajstić information content (AvgIpc) is 2.98. The van der Waals surface area contributed by atoms with Crippen molar-refractivity contribution >= 4 is 11.9 Å². The minimum Gasteiger partial charge on any atom is -0.452 e. The molecule has 0 amide bonds. The monoisotopic (exact) mass is 570 g/mol. The van der Waals surface area contributed by atoms with Gasteiger partial charge in [0.05, 0.1) is 24.3 Å². The van der Waals surface area contributed by atoms with E-state index < -0.39 is 66.4 Å². The van der Waals surface area contributed by atoms with E-state index in [1.54, 1.807) is 0 Å². The van der Waals surface area contributed by atoms with Crippen LogP contribution in [0.1, 0.15) is 32.6 Å². The van der Waals surface area contributed by atoms with Gasteiger partial charge in [0.25, 0.3) is 0 Å². The largest absolute Gasteiger partial charge is 0.452 e. The summed E-state index contributed by atoms with van der Waals surface area (Å²) in [5.41, 5.74) is -0.303. The van der Waals surface area contributed by atoms with Gasteiger partial charge in [0.15, 0.2) is 24.8 Å². The molecule has 11 heteroatoms. The highest BCUT2D eigenvalue weighted by molar-refractivity contribution is 5.90. The Morgan fingerprint density at radius 1 is 0.829 bits per heavy atom. The maximum atomic E-state index is 14.5. The fourth-order valence-electron chi connectivity index (χ4n) is 4.52. The van der Waals surface area contributed by atoms with E-state index in [2.05, 4.69) is 6.58 Å². The lowest BCUT2D eigenvalue weighted by Gasteiger charge is -2.48.